The maximum absolute atomic E-state index is 12.8. The van der Waals surface area contributed by atoms with Gasteiger partial charge >= 0.3 is 0 Å². The van der Waals surface area contributed by atoms with E-state index in [0.29, 0.717) is 34.6 Å². The first-order valence-corrected chi connectivity index (χ1v) is 12.8. The molecule has 38 heavy (non-hydrogen) atoms. The fourth-order valence-electron chi connectivity index (χ4n) is 3.56. The number of aromatic nitrogens is 1. The van der Waals surface area contributed by atoms with Crippen LogP contribution in [0, 0.1) is 18.8 Å². The van der Waals surface area contributed by atoms with Crippen LogP contribution in [-0.4, -0.2) is 28.5 Å². The van der Waals surface area contributed by atoms with Crippen molar-refractivity contribution in [3.05, 3.63) is 113 Å². The molecule has 0 saturated heterocycles. The molecule has 0 atom stereocenters. The highest BCUT2D eigenvalue weighted by atomic mass is 32.2. The number of nitrogens with one attached hydrogen (secondary N) is 1. The molecule has 4 rings (SSSR count). The summed E-state index contributed by atoms with van der Waals surface area (Å²) in [6.45, 7) is 1.80. The highest BCUT2D eigenvalue weighted by Crippen LogP contribution is 2.16. The Morgan fingerprint density at radius 1 is 1.05 bits per heavy atom. The summed E-state index contributed by atoms with van der Waals surface area (Å²) in [6, 6.07) is 17.3. The second kappa shape index (κ2) is 12.6. The van der Waals surface area contributed by atoms with Crippen LogP contribution >= 0.6 is 0 Å². The molecule has 0 fully saturated rings. The van der Waals surface area contributed by atoms with Crippen LogP contribution in [0.1, 0.15) is 49.6 Å². The van der Waals surface area contributed by atoms with Gasteiger partial charge in [-0.05, 0) is 50.1 Å². The maximum Gasteiger partial charge on any atom is 0.291 e. The van der Waals surface area contributed by atoms with Gasteiger partial charge in [-0.25, -0.2) is 0 Å². The predicted octanol–water partition coefficient (Wildman–Crippen LogP) is 4.91. The molecule has 2 aromatic carbocycles. The van der Waals surface area contributed by atoms with E-state index in [-0.39, 0.29) is 23.8 Å². The van der Waals surface area contributed by atoms with Crippen molar-refractivity contribution in [2.75, 3.05) is 11.9 Å². The minimum Gasteiger partial charge on any atom is -0.459 e. The number of rotatable bonds is 7. The molecular formula is C29H24N3O5S-. The summed E-state index contributed by atoms with van der Waals surface area (Å²) in [7, 11) is -1.90. The van der Waals surface area contributed by atoms with Crippen molar-refractivity contribution in [2.45, 2.75) is 24.7 Å². The van der Waals surface area contributed by atoms with Gasteiger partial charge in [0.1, 0.15) is 0 Å². The zero-order chi connectivity index (χ0) is 26.9. The third-order valence-electron chi connectivity index (χ3n) is 5.46. The molecule has 0 unspecified atom stereocenters. The fraction of sp³-hybridized carbons (Fsp3) is 0.138. The summed E-state index contributed by atoms with van der Waals surface area (Å²) in [4.78, 5) is 29.6. The second-order valence-corrected chi connectivity index (χ2v) is 9.38. The van der Waals surface area contributed by atoms with Crippen LogP contribution in [0.4, 0.5) is 5.69 Å². The number of carbonyl (C=O) groups excluding carboxylic acids is 2. The van der Waals surface area contributed by atoms with E-state index >= 15 is 0 Å². The first kappa shape index (κ1) is 26.5. The molecule has 2 aromatic heterocycles. The molecule has 0 radical (unpaired) electrons. The van der Waals surface area contributed by atoms with Crippen molar-refractivity contribution in [1.29, 1.82) is 0 Å². The average Bonchev–Trinajstić information content (AvgIpc) is 3.37. The number of hydrogen-bond donors (Lipinski definition) is 2. The number of benzene rings is 2. The van der Waals surface area contributed by atoms with Gasteiger partial charge in [0.2, 0.25) is 0 Å². The molecule has 0 saturated carbocycles. The molecule has 2 N–H and O–H groups in total. The van der Waals surface area contributed by atoms with Gasteiger partial charge in [0.25, 0.3) is 11.8 Å². The Morgan fingerprint density at radius 3 is 2.66 bits per heavy atom. The summed E-state index contributed by atoms with van der Waals surface area (Å²) in [6.07, 6.45) is 5.37. The van der Waals surface area contributed by atoms with Crippen molar-refractivity contribution >= 4 is 28.1 Å². The molecule has 0 aliphatic carbocycles. The van der Waals surface area contributed by atoms with E-state index in [0.717, 1.165) is 11.1 Å². The van der Waals surface area contributed by atoms with Crippen molar-refractivity contribution in [3.8, 4) is 11.8 Å². The first-order chi connectivity index (χ1) is 18.4. The zero-order valence-corrected chi connectivity index (χ0v) is 21.3. The van der Waals surface area contributed by atoms with Crippen LogP contribution in [0.3, 0.4) is 0 Å². The quantitative estimate of drug-likeness (QED) is 0.261. The van der Waals surface area contributed by atoms with E-state index in [1.807, 2.05) is 6.07 Å². The molecule has 0 aliphatic rings. The van der Waals surface area contributed by atoms with Gasteiger partial charge in [-0.2, -0.15) is 10.6 Å². The zero-order valence-electron chi connectivity index (χ0n) is 20.5. The molecule has 2 amide bonds. The number of aliphatic hydroxyl groups excluding tert-OH is 1. The van der Waals surface area contributed by atoms with E-state index < -0.39 is 16.5 Å². The molecule has 192 valence electrons. The number of aryl methyl sites for hydroxylation is 2. The van der Waals surface area contributed by atoms with Crippen molar-refractivity contribution in [2.24, 2.45) is 4.36 Å². The summed E-state index contributed by atoms with van der Waals surface area (Å²) in [5.74, 6) is 5.16. The number of nitrogens with zero attached hydrogens (tertiary/aromatic N) is 2. The van der Waals surface area contributed by atoms with E-state index in [2.05, 4.69) is 26.5 Å². The molecule has 2 heterocycles. The van der Waals surface area contributed by atoms with Gasteiger partial charge in [0.15, 0.2) is 5.76 Å². The summed E-state index contributed by atoms with van der Waals surface area (Å²) < 4.78 is 21.9. The van der Waals surface area contributed by atoms with Crippen LogP contribution in [0.2, 0.25) is 0 Å². The summed E-state index contributed by atoms with van der Waals surface area (Å²) in [5.41, 5.74) is 3.34. The van der Waals surface area contributed by atoms with Crippen molar-refractivity contribution in [3.63, 3.8) is 0 Å². The third kappa shape index (κ3) is 6.82. The Morgan fingerprint density at radius 2 is 1.87 bits per heavy atom. The number of pyridine rings is 1. The Hall–Kier alpha value is -4.52. The molecule has 9 heteroatoms. The van der Waals surface area contributed by atoms with E-state index in [9.17, 15) is 13.8 Å². The van der Waals surface area contributed by atoms with Gasteiger partial charge in [0, 0.05) is 41.4 Å². The monoisotopic (exact) mass is 526 g/mol. The molecule has 0 bridgehead atoms. The van der Waals surface area contributed by atoms with Crippen LogP contribution < -0.4 is 5.32 Å². The Labute approximate surface area is 222 Å². The maximum atomic E-state index is 12.8. The standard InChI is InChI=1S/C29H24N3O5S/c1-20-13-15-37-27(20)29(35)31-25-9-4-6-21(17-25)11-12-22-16-24(19-30-18-22)28(34)32-38(36)26-10-3-2-7-23(26)8-5-14-33/h2-4,6-7,9-10,13,15-19,33H,5,8,14H2,1H3,(H,31,35)/q-1. The molecule has 0 aliphatic heterocycles. The highest BCUT2D eigenvalue weighted by molar-refractivity contribution is 7.75. The van der Waals surface area contributed by atoms with Crippen LogP contribution in [0.5, 0.6) is 0 Å². The highest BCUT2D eigenvalue weighted by Gasteiger charge is 2.12. The normalized spacial score (nSPS) is 11.4. The van der Waals surface area contributed by atoms with Gasteiger partial charge in [-0.15, -0.1) is 0 Å². The second-order valence-electron chi connectivity index (χ2n) is 8.26. The number of furan rings is 1. The van der Waals surface area contributed by atoms with Crippen LogP contribution in [0.25, 0.3) is 0 Å². The third-order valence-corrected chi connectivity index (χ3v) is 6.56. The topological polar surface area (TPSA) is 122 Å². The fourth-order valence-corrected chi connectivity index (χ4v) is 4.51. The summed E-state index contributed by atoms with van der Waals surface area (Å²) in [5, 5.41) is 11.9. The average molecular weight is 527 g/mol. The number of anilines is 1. The predicted molar refractivity (Wildman–Crippen MR) is 143 cm³/mol. The molecular weight excluding hydrogens is 502 g/mol. The van der Waals surface area contributed by atoms with Crippen molar-refractivity contribution in [1.82, 2.24) is 4.98 Å². The van der Waals surface area contributed by atoms with Gasteiger partial charge in [-0.1, -0.05) is 52.6 Å². The van der Waals surface area contributed by atoms with Crippen molar-refractivity contribution < 1.29 is 23.3 Å². The van der Waals surface area contributed by atoms with Gasteiger partial charge < -0.3 is 23.4 Å². The van der Waals surface area contributed by atoms with E-state index in [1.165, 1.54) is 24.7 Å². The number of carbonyl (C=O) groups is 2. The lowest BCUT2D eigenvalue weighted by Gasteiger charge is -2.12. The molecule has 8 nitrogen and oxygen atoms in total. The minimum absolute atomic E-state index is 0.0140. The Bertz CT molecular complexity index is 1620. The Balaban J connectivity index is 1.49. The Kier molecular flexibility index (Phi) is 8.82. The SMILES string of the molecule is Cc1ccoc1C(=O)Nc1cccc(C#Cc2cncc(C(=O)N=[S-](=O)c3ccccc3CCCO)c2)c1. The lowest BCUT2D eigenvalue weighted by atomic mass is 10.1. The molecule has 4 aromatic rings. The summed E-state index contributed by atoms with van der Waals surface area (Å²) >= 11 is 0. The first-order valence-electron chi connectivity index (χ1n) is 11.7. The van der Waals surface area contributed by atoms with E-state index in [1.54, 1.807) is 55.5 Å². The number of hydrogen-bond acceptors (Lipinski definition) is 7. The largest absolute Gasteiger partial charge is 0.459 e. The lowest BCUT2D eigenvalue weighted by molar-refractivity contribution is 0.0991. The lowest BCUT2D eigenvalue weighted by Crippen LogP contribution is -2.12. The number of aliphatic hydroxyl groups is 1. The minimum atomic E-state index is -1.90. The molecule has 0 spiro atoms. The van der Waals surface area contributed by atoms with Crippen LogP contribution in [-0.2, 0) is 21.2 Å². The van der Waals surface area contributed by atoms with Gasteiger partial charge in [-0.3, -0.25) is 14.6 Å². The number of amides is 2. The van der Waals surface area contributed by atoms with Crippen LogP contribution in [0.15, 0.2) is 93.0 Å². The smallest absolute Gasteiger partial charge is 0.291 e. The van der Waals surface area contributed by atoms with E-state index in [4.69, 9.17) is 9.52 Å². The van der Waals surface area contributed by atoms with Gasteiger partial charge in [0.05, 0.1) is 11.8 Å².